The fourth-order valence-corrected chi connectivity index (χ4v) is 2.85. The van der Waals surface area contributed by atoms with Gasteiger partial charge in [0.1, 0.15) is 6.04 Å². The van der Waals surface area contributed by atoms with Gasteiger partial charge in [0.15, 0.2) is 0 Å². The van der Waals surface area contributed by atoms with Gasteiger partial charge in [-0.15, -0.1) is 0 Å². The Morgan fingerprint density at radius 2 is 1.62 bits per heavy atom. The predicted octanol–water partition coefficient (Wildman–Crippen LogP) is 2.27. The van der Waals surface area contributed by atoms with Gasteiger partial charge < -0.3 is 10.4 Å². The van der Waals surface area contributed by atoms with Gasteiger partial charge in [0.2, 0.25) is 0 Å². The molecule has 0 spiro atoms. The Morgan fingerprint density at radius 1 is 1.00 bits per heavy atom. The minimum Gasteiger partial charge on any atom is -0.387 e. The zero-order chi connectivity index (χ0) is 16.9. The first-order chi connectivity index (χ1) is 11.6. The molecule has 0 radical (unpaired) electrons. The van der Waals surface area contributed by atoms with E-state index in [1.165, 1.54) is 0 Å². The van der Waals surface area contributed by atoms with Crippen LogP contribution in [0.4, 0.5) is 4.79 Å². The number of β-amino-alcohol motifs (C(OH)–C–C–N with tert-alkyl or cyclic N) is 1. The molecule has 1 heterocycles. The number of carbonyl (C=O) groups excluding carboxylic acids is 2. The van der Waals surface area contributed by atoms with Crippen LogP contribution in [-0.2, 0) is 11.2 Å². The summed E-state index contributed by atoms with van der Waals surface area (Å²) in [5, 5.41) is 12.9. The summed E-state index contributed by atoms with van der Waals surface area (Å²) in [6.07, 6.45) is 0.382. The van der Waals surface area contributed by atoms with Gasteiger partial charge in [-0.25, -0.2) is 4.79 Å². The number of carbonyl (C=O) groups is 2. The summed E-state index contributed by atoms with van der Waals surface area (Å²) in [7, 11) is 0. The molecule has 0 bridgehead atoms. The van der Waals surface area contributed by atoms with Crippen molar-refractivity contribution in [1.29, 1.82) is 0 Å². The van der Waals surface area contributed by atoms with E-state index in [9.17, 15) is 14.7 Å². The van der Waals surface area contributed by atoms with Gasteiger partial charge in [0.05, 0.1) is 12.6 Å². The molecule has 2 aromatic rings. The highest BCUT2D eigenvalue weighted by atomic mass is 16.3. The monoisotopic (exact) mass is 324 g/mol. The van der Waals surface area contributed by atoms with Crippen LogP contribution in [0.5, 0.6) is 0 Å². The molecule has 1 fully saturated rings. The second kappa shape index (κ2) is 7.27. The van der Waals surface area contributed by atoms with E-state index >= 15 is 0 Å². The van der Waals surface area contributed by atoms with E-state index in [1.54, 1.807) is 12.1 Å². The van der Waals surface area contributed by atoms with Crippen molar-refractivity contribution in [3.63, 3.8) is 0 Å². The number of urea groups is 1. The number of benzene rings is 2. The Labute approximate surface area is 140 Å². The number of imide groups is 1. The number of hydrogen-bond acceptors (Lipinski definition) is 3. The highest BCUT2D eigenvalue weighted by Gasteiger charge is 2.38. The van der Waals surface area contributed by atoms with Gasteiger partial charge in [-0.2, -0.15) is 0 Å². The quantitative estimate of drug-likeness (QED) is 0.801. The van der Waals surface area contributed by atoms with Crippen LogP contribution < -0.4 is 5.32 Å². The number of aliphatic hydroxyl groups is 1. The van der Waals surface area contributed by atoms with Crippen molar-refractivity contribution in [3.8, 4) is 0 Å². The fraction of sp³-hybridized carbons (Fsp3) is 0.263. The van der Waals surface area contributed by atoms with Crippen LogP contribution in [0.1, 0.15) is 23.7 Å². The lowest BCUT2D eigenvalue weighted by Gasteiger charge is -2.18. The van der Waals surface area contributed by atoms with Crippen molar-refractivity contribution >= 4 is 11.9 Å². The lowest BCUT2D eigenvalue weighted by Crippen LogP contribution is -2.35. The van der Waals surface area contributed by atoms with Gasteiger partial charge in [-0.05, 0) is 24.0 Å². The van der Waals surface area contributed by atoms with Gasteiger partial charge in [0.25, 0.3) is 5.91 Å². The van der Waals surface area contributed by atoms with Crippen molar-refractivity contribution in [1.82, 2.24) is 10.2 Å². The number of nitrogens with one attached hydrogen (secondary N) is 1. The number of aliphatic hydroxyl groups excluding tert-OH is 1. The minimum absolute atomic E-state index is 0.0312. The summed E-state index contributed by atoms with van der Waals surface area (Å²) in [6, 6.07) is 17.9. The molecule has 24 heavy (non-hydrogen) atoms. The topological polar surface area (TPSA) is 69.6 Å². The summed E-state index contributed by atoms with van der Waals surface area (Å²) >= 11 is 0. The normalized spacial score (nSPS) is 18.5. The Balaban J connectivity index is 1.59. The lowest BCUT2D eigenvalue weighted by atomic mass is 10.1. The number of amides is 3. The number of nitrogens with zero attached hydrogens (tertiary/aromatic N) is 1. The molecule has 2 N–H and O–H groups in total. The molecular weight excluding hydrogens is 304 g/mol. The number of rotatable bonds is 6. The van der Waals surface area contributed by atoms with E-state index in [0.717, 1.165) is 10.5 Å². The minimum atomic E-state index is -0.881. The standard InChI is InChI=1S/C19H20N2O3/c22-17(15-9-5-2-6-10-15)13-21-18(23)16(20-19(21)24)12-11-14-7-3-1-4-8-14/h1-10,16-17,22H,11-13H2,(H,20,24)/t16-,17-/m0/s1. The van der Waals surface area contributed by atoms with Crippen LogP contribution in [0.15, 0.2) is 60.7 Å². The molecule has 0 saturated carbocycles. The number of aryl methyl sites for hydroxylation is 1. The predicted molar refractivity (Wildman–Crippen MR) is 90.2 cm³/mol. The summed E-state index contributed by atoms with van der Waals surface area (Å²) in [4.78, 5) is 25.6. The van der Waals surface area contributed by atoms with Gasteiger partial charge in [-0.3, -0.25) is 9.69 Å². The second-order valence-corrected chi connectivity index (χ2v) is 5.90. The molecule has 1 aliphatic rings. The lowest BCUT2D eigenvalue weighted by molar-refractivity contribution is -0.128. The fourth-order valence-electron chi connectivity index (χ4n) is 2.85. The average Bonchev–Trinajstić information content (AvgIpc) is 2.89. The summed E-state index contributed by atoms with van der Waals surface area (Å²) < 4.78 is 0. The van der Waals surface area contributed by atoms with Crippen LogP contribution in [0.3, 0.4) is 0 Å². The smallest absolute Gasteiger partial charge is 0.324 e. The molecule has 0 aliphatic carbocycles. The van der Waals surface area contributed by atoms with E-state index in [4.69, 9.17) is 0 Å². The molecule has 1 aliphatic heterocycles. The second-order valence-electron chi connectivity index (χ2n) is 5.90. The van der Waals surface area contributed by atoms with Crippen molar-refractivity contribution in [2.75, 3.05) is 6.54 Å². The maximum Gasteiger partial charge on any atom is 0.324 e. The van der Waals surface area contributed by atoms with Crippen molar-refractivity contribution in [2.45, 2.75) is 25.0 Å². The molecule has 2 atom stereocenters. The molecule has 1 saturated heterocycles. The Hall–Kier alpha value is -2.66. The summed E-state index contributed by atoms with van der Waals surface area (Å²) in [5.74, 6) is -0.272. The third-order valence-corrected chi connectivity index (χ3v) is 4.21. The average molecular weight is 324 g/mol. The molecule has 5 nitrogen and oxygen atoms in total. The van der Waals surface area contributed by atoms with Gasteiger partial charge in [-0.1, -0.05) is 60.7 Å². The SMILES string of the molecule is O=C1N[C@@H](CCc2ccccc2)C(=O)N1C[C@H](O)c1ccccc1. The Morgan fingerprint density at radius 3 is 2.29 bits per heavy atom. The van der Waals surface area contributed by atoms with Crippen LogP contribution >= 0.6 is 0 Å². The summed E-state index contributed by atoms with van der Waals surface area (Å²) in [6.45, 7) is -0.0312. The first kappa shape index (κ1) is 16.2. The van der Waals surface area contributed by atoms with Crippen molar-refractivity contribution in [3.05, 3.63) is 71.8 Å². The van der Waals surface area contributed by atoms with Crippen molar-refractivity contribution < 1.29 is 14.7 Å². The Bertz CT molecular complexity index is 703. The van der Waals surface area contributed by atoms with Crippen LogP contribution in [-0.4, -0.2) is 34.5 Å². The van der Waals surface area contributed by atoms with Crippen LogP contribution in [0.2, 0.25) is 0 Å². The zero-order valence-electron chi connectivity index (χ0n) is 13.3. The van der Waals surface area contributed by atoms with E-state index in [0.29, 0.717) is 18.4 Å². The third-order valence-electron chi connectivity index (χ3n) is 4.21. The maximum atomic E-state index is 12.4. The number of hydrogen-bond donors (Lipinski definition) is 2. The molecule has 124 valence electrons. The van der Waals surface area contributed by atoms with E-state index in [2.05, 4.69) is 5.32 Å². The molecule has 2 aromatic carbocycles. The van der Waals surface area contributed by atoms with Crippen LogP contribution in [0, 0.1) is 0 Å². The Kier molecular flexibility index (Phi) is 4.91. The molecule has 3 amide bonds. The first-order valence-electron chi connectivity index (χ1n) is 8.04. The van der Waals surface area contributed by atoms with Gasteiger partial charge in [0, 0.05) is 0 Å². The maximum absolute atomic E-state index is 12.4. The highest BCUT2D eigenvalue weighted by Crippen LogP contribution is 2.18. The third kappa shape index (κ3) is 3.63. The van der Waals surface area contributed by atoms with Crippen molar-refractivity contribution in [2.24, 2.45) is 0 Å². The first-order valence-corrected chi connectivity index (χ1v) is 8.04. The largest absolute Gasteiger partial charge is 0.387 e. The van der Waals surface area contributed by atoms with Crippen LogP contribution in [0.25, 0.3) is 0 Å². The highest BCUT2D eigenvalue weighted by molar-refractivity contribution is 6.04. The molecule has 3 rings (SSSR count). The molecule has 0 aromatic heterocycles. The van der Waals surface area contributed by atoms with E-state index in [1.807, 2.05) is 48.5 Å². The molecule has 0 unspecified atom stereocenters. The van der Waals surface area contributed by atoms with E-state index in [-0.39, 0.29) is 12.5 Å². The molecular formula is C19H20N2O3. The molecule has 5 heteroatoms. The van der Waals surface area contributed by atoms with Gasteiger partial charge >= 0.3 is 6.03 Å². The van der Waals surface area contributed by atoms with E-state index < -0.39 is 18.2 Å². The summed E-state index contributed by atoms with van der Waals surface area (Å²) in [5.41, 5.74) is 1.81. The zero-order valence-corrected chi connectivity index (χ0v) is 13.3.